The smallest absolute Gasteiger partial charge is 0.306 e. The summed E-state index contributed by atoms with van der Waals surface area (Å²) in [4.78, 5) is 21.0. The molecule has 1 aliphatic carbocycles. The van der Waals surface area contributed by atoms with E-state index in [1.807, 2.05) is 0 Å². The van der Waals surface area contributed by atoms with Gasteiger partial charge in [-0.15, -0.1) is 0 Å². The van der Waals surface area contributed by atoms with Crippen LogP contribution in [-0.4, -0.2) is 22.2 Å². The van der Waals surface area contributed by atoms with Gasteiger partial charge in [-0.1, -0.05) is 6.42 Å². The zero-order valence-corrected chi connectivity index (χ0v) is 7.40. The van der Waals surface area contributed by atoms with Gasteiger partial charge in [-0.25, -0.2) is 0 Å². The fraction of sp³-hybridized carbons (Fsp3) is 0.778. The van der Waals surface area contributed by atoms with Crippen LogP contribution < -0.4 is 0 Å². The minimum atomic E-state index is -0.823. The predicted molar refractivity (Wildman–Crippen MR) is 45.3 cm³/mol. The van der Waals surface area contributed by atoms with E-state index < -0.39 is 11.9 Å². The second-order valence-electron chi connectivity index (χ2n) is 3.67. The highest BCUT2D eigenvalue weighted by molar-refractivity contribution is 5.70. The van der Waals surface area contributed by atoms with Gasteiger partial charge in [0, 0.05) is 6.42 Å². The Labute approximate surface area is 76.6 Å². The van der Waals surface area contributed by atoms with Crippen molar-refractivity contribution in [3.05, 3.63) is 0 Å². The van der Waals surface area contributed by atoms with Gasteiger partial charge in [0.1, 0.15) is 0 Å². The average molecular weight is 186 g/mol. The molecule has 0 aliphatic heterocycles. The van der Waals surface area contributed by atoms with Crippen LogP contribution in [0.4, 0.5) is 0 Å². The molecule has 4 heteroatoms. The lowest BCUT2D eigenvalue weighted by Gasteiger charge is -2.25. The van der Waals surface area contributed by atoms with Crippen molar-refractivity contribution >= 4 is 11.9 Å². The number of carboxylic acid groups (broad SMARTS) is 2. The highest BCUT2D eigenvalue weighted by Gasteiger charge is 2.27. The van der Waals surface area contributed by atoms with Crippen LogP contribution in [0.2, 0.25) is 0 Å². The molecule has 0 saturated heterocycles. The fourth-order valence-corrected chi connectivity index (χ4v) is 1.95. The van der Waals surface area contributed by atoms with Crippen LogP contribution in [0.3, 0.4) is 0 Å². The van der Waals surface area contributed by atoms with Crippen molar-refractivity contribution in [2.24, 2.45) is 11.8 Å². The van der Waals surface area contributed by atoms with Gasteiger partial charge < -0.3 is 10.2 Å². The Hall–Kier alpha value is -1.06. The summed E-state index contributed by atoms with van der Waals surface area (Å²) in [5, 5.41) is 17.3. The van der Waals surface area contributed by atoms with Crippen LogP contribution in [-0.2, 0) is 9.59 Å². The van der Waals surface area contributed by atoms with Crippen molar-refractivity contribution in [2.45, 2.75) is 32.1 Å². The first kappa shape index (κ1) is 10.0. The van der Waals surface area contributed by atoms with Crippen molar-refractivity contribution in [1.82, 2.24) is 0 Å². The second-order valence-corrected chi connectivity index (χ2v) is 3.67. The normalized spacial score (nSPS) is 28.3. The molecule has 13 heavy (non-hydrogen) atoms. The Morgan fingerprint density at radius 1 is 1.23 bits per heavy atom. The van der Waals surface area contributed by atoms with E-state index in [-0.39, 0.29) is 18.3 Å². The SMILES string of the molecule is O=C(O)C[C@H]1CCC[C@@H](C(=O)O)C1. The largest absolute Gasteiger partial charge is 0.481 e. The number of hydrogen-bond acceptors (Lipinski definition) is 2. The van der Waals surface area contributed by atoms with Gasteiger partial charge in [0.25, 0.3) is 0 Å². The van der Waals surface area contributed by atoms with Gasteiger partial charge in [-0.3, -0.25) is 9.59 Å². The molecule has 2 N–H and O–H groups in total. The molecule has 0 aromatic carbocycles. The lowest BCUT2D eigenvalue weighted by Crippen LogP contribution is -2.23. The first-order valence-electron chi connectivity index (χ1n) is 4.54. The van der Waals surface area contributed by atoms with Gasteiger partial charge in [-0.2, -0.15) is 0 Å². The fourth-order valence-electron chi connectivity index (χ4n) is 1.95. The number of hydrogen-bond donors (Lipinski definition) is 2. The van der Waals surface area contributed by atoms with E-state index >= 15 is 0 Å². The van der Waals surface area contributed by atoms with E-state index in [0.29, 0.717) is 12.8 Å². The van der Waals surface area contributed by atoms with Crippen molar-refractivity contribution < 1.29 is 19.8 Å². The Morgan fingerprint density at radius 2 is 1.92 bits per heavy atom. The molecule has 0 amide bonds. The zero-order valence-electron chi connectivity index (χ0n) is 7.40. The van der Waals surface area contributed by atoms with Crippen LogP contribution >= 0.6 is 0 Å². The van der Waals surface area contributed by atoms with Crippen molar-refractivity contribution in [2.75, 3.05) is 0 Å². The van der Waals surface area contributed by atoms with Crippen LogP contribution in [0.25, 0.3) is 0 Å². The average Bonchev–Trinajstić information content (AvgIpc) is 2.03. The minimum Gasteiger partial charge on any atom is -0.481 e. The molecule has 0 aromatic heterocycles. The topological polar surface area (TPSA) is 74.6 Å². The molecular weight excluding hydrogens is 172 g/mol. The predicted octanol–water partition coefficient (Wildman–Crippen LogP) is 1.35. The molecule has 1 saturated carbocycles. The highest BCUT2D eigenvalue weighted by Crippen LogP contribution is 2.31. The summed E-state index contributed by atoms with van der Waals surface area (Å²) >= 11 is 0. The quantitative estimate of drug-likeness (QED) is 0.697. The Balaban J connectivity index is 2.41. The second kappa shape index (κ2) is 4.25. The molecule has 4 nitrogen and oxygen atoms in total. The molecule has 0 radical (unpaired) electrons. The Morgan fingerprint density at radius 3 is 2.46 bits per heavy atom. The monoisotopic (exact) mass is 186 g/mol. The van der Waals surface area contributed by atoms with Gasteiger partial charge in [-0.05, 0) is 25.2 Å². The van der Waals surface area contributed by atoms with Gasteiger partial charge in [0.05, 0.1) is 5.92 Å². The maximum absolute atomic E-state index is 10.6. The third kappa shape index (κ3) is 3.05. The van der Waals surface area contributed by atoms with E-state index in [9.17, 15) is 9.59 Å². The van der Waals surface area contributed by atoms with Crippen LogP contribution in [0.1, 0.15) is 32.1 Å². The Bertz CT molecular complexity index is 212. The molecule has 0 spiro atoms. The lowest BCUT2D eigenvalue weighted by atomic mass is 9.80. The molecule has 1 aliphatic rings. The number of rotatable bonds is 3. The molecule has 2 atom stereocenters. The summed E-state index contributed by atoms with van der Waals surface area (Å²) in [7, 11) is 0. The first-order chi connectivity index (χ1) is 6.09. The summed E-state index contributed by atoms with van der Waals surface area (Å²) in [5.74, 6) is -1.86. The Kier molecular flexibility index (Phi) is 3.28. The summed E-state index contributed by atoms with van der Waals surface area (Å²) < 4.78 is 0. The zero-order chi connectivity index (χ0) is 9.84. The van der Waals surface area contributed by atoms with E-state index in [1.165, 1.54) is 0 Å². The van der Waals surface area contributed by atoms with E-state index in [4.69, 9.17) is 10.2 Å². The van der Waals surface area contributed by atoms with Crippen LogP contribution in [0.5, 0.6) is 0 Å². The number of carboxylic acids is 2. The third-order valence-corrected chi connectivity index (χ3v) is 2.60. The minimum absolute atomic E-state index is 0.0624. The van der Waals surface area contributed by atoms with E-state index in [1.54, 1.807) is 0 Å². The first-order valence-corrected chi connectivity index (χ1v) is 4.54. The van der Waals surface area contributed by atoms with Crippen LogP contribution in [0, 0.1) is 11.8 Å². The maximum Gasteiger partial charge on any atom is 0.306 e. The molecule has 0 heterocycles. The number of aliphatic carboxylic acids is 2. The van der Waals surface area contributed by atoms with Crippen LogP contribution in [0.15, 0.2) is 0 Å². The molecule has 0 aromatic rings. The molecule has 1 rings (SSSR count). The van der Waals surface area contributed by atoms with Gasteiger partial charge in [0.15, 0.2) is 0 Å². The summed E-state index contributed by atoms with van der Waals surface area (Å²) in [5.41, 5.74) is 0. The molecule has 74 valence electrons. The summed E-state index contributed by atoms with van der Waals surface area (Å²) in [6.07, 6.45) is 3.04. The van der Waals surface area contributed by atoms with Gasteiger partial charge in [0.2, 0.25) is 0 Å². The molecular formula is C9H14O4. The van der Waals surface area contributed by atoms with E-state index in [0.717, 1.165) is 12.8 Å². The summed E-state index contributed by atoms with van der Waals surface area (Å²) in [6, 6.07) is 0. The highest BCUT2D eigenvalue weighted by atomic mass is 16.4. The molecule has 0 bridgehead atoms. The van der Waals surface area contributed by atoms with Gasteiger partial charge >= 0.3 is 11.9 Å². The van der Waals surface area contributed by atoms with Crippen molar-refractivity contribution in [1.29, 1.82) is 0 Å². The third-order valence-electron chi connectivity index (χ3n) is 2.60. The van der Waals surface area contributed by atoms with Crippen molar-refractivity contribution in [3.63, 3.8) is 0 Å². The molecule has 0 unspecified atom stereocenters. The van der Waals surface area contributed by atoms with Crippen molar-refractivity contribution in [3.8, 4) is 0 Å². The lowest BCUT2D eigenvalue weighted by molar-refractivity contribution is -0.145. The maximum atomic E-state index is 10.6. The summed E-state index contributed by atoms with van der Waals surface area (Å²) in [6.45, 7) is 0. The number of carbonyl (C=O) groups is 2. The van der Waals surface area contributed by atoms with E-state index in [2.05, 4.69) is 0 Å². The standard InChI is InChI=1S/C9H14O4/c10-8(11)5-6-2-1-3-7(4-6)9(12)13/h6-7H,1-5H2,(H,10,11)(H,12,13)/t6-,7+/m0/s1. The molecule has 1 fully saturated rings.